The molecule has 1 aromatic rings. The Bertz CT molecular complexity index is 430. The van der Waals surface area contributed by atoms with E-state index in [0.29, 0.717) is 22.1 Å². The van der Waals surface area contributed by atoms with Crippen LogP contribution in [-0.4, -0.2) is 29.8 Å². The first kappa shape index (κ1) is 13.4. The van der Waals surface area contributed by atoms with E-state index in [-0.39, 0.29) is 6.10 Å². The van der Waals surface area contributed by atoms with Gasteiger partial charge in [-0.15, -0.1) is 0 Å². The van der Waals surface area contributed by atoms with Crippen LogP contribution in [0.1, 0.15) is 19.3 Å². The van der Waals surface area contributed by atoms with Crippen LogP contribution in [0.3, 0.4) is 0 Å². The number of hydrogen-bond donors (Lipinski definition) is 1. The summed E-state index contributed by atoms with van der Waals surface area (Å²) in [6, 6.07) is 5.26. The maximum absolute atomic E-state index is 12.2. The highest BCUT2D eigenvalue weighted by atomic mass is 32.2. The first-order chi connectivity index (χ1) is 8.70. The second-order valence-electron chi connectivity index (χ2n) is 4.38. The van der Waals surface area contributed by atoms with Gasteiger partial charge in [0, 0.05) is 18.0 Å². The third-order valence-electron chi connectivity index (χ3n) is 3.12. The number of benzene rings is 1. The fourth-order valence-corrected chi connectivity index (χ4v) is 3.33. The number of hydrogen-bond acceptors (Lipinski definition) is 4. The Morgan fingerprint density at radius 3 is 3.06 bits per heavy atom. The van der Waals surface area contributed by atoms with Crippen molar-refractivity contribution in [2.24, 2.45) is 0 Å². The molecule has 4 nitrogen and oxygen atoms in total. The van der Waals surface area contributed by atoms with Crippen molar-refractivity contribution in [1.82, 2.24) is 0 Å². The molecule has 2 unspecified atom stereocenters. The summed E-state index contributed by atoms with van der Waals surface area (Å²) in [5.74, 6) is 1.27. The molecule has 1 aliphatic heterocycles. The summed E-state index contributed by atoms with van der Waals surface area (Å²) in [5, 5.41) is 0. The van der Waals surface area contributed by atoms with E-state index in [0.717, 1.165) is 25.9 Å². The Kier molecular flexibility index (Phi) is 4.60. The monoisotopic (exact) mass is 269 g/mol. The van der Waals surface area contributed by atoms with E-state index in [1.54, 1.807) is 25.3 Å². The Morgan fingerprint density at radius 1 is 1.56 bits per heavy atom. The fraction of sp³-hybridized carbons (Fsp3) is 0.538. The number of nitrogen functional groups attached to an aromatic ring is 1. The second kappa shape index (κ2) is 6.20. The minimum Gasteiger partial charge on any atom is -0.497 e. The topological polar surface area (TPSA) is 61.5 Å². The molecule has 1 aromatic carbocycles. The first-order valence-electron chi connectivity index (χ1n) is 6.14. The number of rotatable bonds is 5. The molecule has 1 aliphatic rings. The van der Waals surface area contributed by atoms with Crippen molar-refractivity contribution < 1.29 is 13.7 Å². The van der Waals surface area contributed by atoms with Crippen LogP contribution in [0.15, 0.2) is 23.1 Å². The minimum absolute atomic E-state index is 0.265. The van der Waals surface area contributed by atoms with E-state index in [9.17, 15) is 4.21 Å². The van der Waals surface area contributed by atoms with Crippen LogP contribution in [-0.2, 0) is 15.5 Å². The van der Waals surface area contributed by atoms with Crippen LogP contribution >= 0.6 is 0 Å². The molecular formula is C13H19NO3S. The van der Waals surface area contributed by atoms with Gasteiger partial charge >= 0.3 is 0 Å². The predicted octanol–water partition coefficient (Wildman–Crippen LogP) is 1.95. The van der Waals surface area contributed by atoms with Gasteiger partial charge in [-0.05, 0) is 37.5 Å². The molecule has 1 fully saturated rings. The van der Waals surface area contributed by atoms with Crippen molar-refractivity contribution in [3.8, 4) is 5.75 Å². The van der Waals surface area contributed by atoms with Gasteiger partial charge in [0.2, 0.25) is 0 Å². The lowest BCUT2D eigenvalue weighted by molar-refractivity contribution is 0.109. The van der Waals surface area contributed by atoms with Crippen molar-refractivity contribution in [3.05, 3.63) is 18.2 Å². The van der Waals surface area contributed by atoms with Crippen molar-refractivity contribution in [2.45, 2.75) is 30.3 Å². The molecule has 0 spiro atoms. The van der Waals surface area contributed by atoms with Crippen LogP contribution in [0, 0.1) is 0 Å². The van der Waals surface area contributed by atoms with Gasteiger partial charge in [0.15, 0.2) is 0 Å². The zero-order chi connectivity index (χ0) is 13.0. The molecule has 0 aliphatic carbocycles. The predicted molar refractivity (Wildman–Crippen MR) is 72.3 cm³/mol. The zero-order valence-corrected chi connectivity index (χ0v) is 11.4. The Morgan fingerprint density at radius 2 is 2.39 bits per heavy atom. The molecule has 2 atom stereocenters. The third kappa shape index (κ3) is 3.23. The summed E-state index contributed by atoms with van der Waals surface area (Å²) in [7, 11) is 0.500. The summed E-state index contributed by atoms with van der Waals surface area (Å²) in [5.41, 5.74) is 6.41. The summed E-state index contributed by atoms with van der Waals surface area (Å²) in [4.78, 5) is 0.660. The SMILES string of the molecule is COc1ccc(N)c(S(=O)CCC2CCCO2)c1. The van der Waals surface area contributed by atoms with Crippen LogP contribution in [0.2, 0.25) is 0 Å². The van der Waals surface area contributed by atoms with Crippen LogP contribution in [0.5, 0.6) is 5.75 Å². The number of ether oxygens (including phenoxy) is 2. The molecule has 0 saturated carbocycles. The third-order valence-corrected chi connectivity index (χ3v) is 4.57. The minimum atomic E-state index is -1.09. The fourth-order valence-electron chi connectivity index (χ4n) is 2.06. The summed E-state index contributed by atoms with van der Waals surface area (Å²) in [6.07, 6.45) is 3.27. The highest BCUT2D eigenvalue weighted by Crippen LogP contribution is 2.24. The zero-order valence-electron chi connectivity index (χ0n) is 10.6. The number of anilines is 1. The summed E-state index contributed by atoms with van der Waals surface area (Å²) in [6.45, 7) is 0.832. The van der Waals surface area contributed by atoms with Gasteiger partial charge in [-0.25, -0.2) is 0 Å². The Balaban J connectivity index is 1.98. The molecule has 0 bridgehead atoms. The summed E-state index contributed by atoms with van der Waals surface area (Å²) >= 11 is 0. The van der Waals surface area contributed by atoms with Crippen molar-refractivity contribution in [1.29, 1.82) is 0 Å². The number of nitrogens with two attached hydrogens (primary N) is 1. The quantitative estimate of drug-likeness (QED) is 0.830. The molecule has 0 radical (unpaired) electrons. The highest BCUT2D eigenvalue weighted by molar-refractivity contribution is 7.85. The standard InChI is InChI=1S/C13H19NO3S/c1-16-11-4-5-12(14)13(9-11)18(15)8-6-10-3-2-7-17-10/h4-5,9-10H,2-3,6-8,14H2,1H3. The van der Waals surface area contributed by atoms with Crippen LogP contribution in [0.4, 0.5) is 5.69 Å². The average Bonchev–Trinajstić information content (AvgIpc) is 2.89. The molecule has 100 valence electrons. The van der Waals surface area contributed by atoms with Gasteiger partial charge in [-0.2, -0.15) is 0 Å². The molecule has 1 heterocycles. The number of methoxy groups -OCH3 is 1. The van der Waals surface area contributed by atoms with Gasteiger partial charge in [0.05, 0.1) is 28.9 Å². The van der Waals surface area contributed by atoms with E-state index in [1.807, 2.05) is 0 Å². The maximum Gasteiger partial charge on any atom is 0.120 e. The largest absolute Gasteiger partial charge is 0.497 e. The first-order valence-corrected chi connectivity index (χ1v) is 7.46. The molecule has 5 heteroatoms. The molecule has 1 saturated heterocycles. The maximum atomic E-state index is 12.2. The van der Waals surface area contributed by atoms with E-state index >= 15 is 0 Å². The molecule has 0 aromatic heterocycles. The summed E-state index contributed by atoms with van der Waals surface area (Å²) < 4.78 is 22.9. The van der Waals surface area contributed by atoms with Crippen LogP contribution in [0.25, 0.3) is 0 Å². The Labute approximate surface area is 110 Å². The highest BCUT2D eigenvalue weighted by Gasteiger charge is 2.17. The average molecular weight is 269 g/mol. The van der Waals surface area contributed by atoms with Gasteiger partial charge < -0.3 is 15.2 Å². The molecular weight excluding hydrogens is 250 g/mol. The lowest BCUT2D eigenvalue weighted by atomic mass is 10.2. The smallest absolute Gasteiger partial charge is 0.120 e. The van der Waals surface area contributed by atoms with E-state index in [1.165, 1.54) is 0 Å². The molecule has 0 amide bonds. The lowest BCUT2D eigenvalue weighted by Gasteiger charge is -2.11. The van der Waals surface area contributed by atoms with Gasteiger partial charge in [-0.1, -0.05) is 0 Å². The van der Waals surface area contributed by atoms with Gasteiger partial charge in [0.25, 0.3) is 0 Å². The van der Waals surface area contributed by atoms with E-state index in [2.05, 4.69) is 0 Å². The lowest BCUT2D eigenvalue weighted by Crippen LogP contribution is -2.11. The molecule has 2 rings (SSSR count). The van der Waals surface area contributed by atoms with E-state index in [4.69, 9.17) is 15.2 Å². The molecule has 2 N–H and O–H groups in total. The Hall–Kier alpha value is -1.07. The van der Waals surface area contributed by atoms with Gasteiger partial charge in [0.1, 0.15) is 5.75 Å². The van der Waals surface area contributed by atoms with Crippen molar-refractivity contribution in [3.63, 3.8) is 0 Å². The van der Waals surface area contributed by atoms with Crippen LogP contribution < -0.4 is 10.5 Å². The molecule has 18 heavy (non-hydrogen) atoms. The van der Waals surface area contributed by atoms with Gasteiger partial charge in [-0.3, -0.25) is 4.21 Å². The second-order valence-corrected chi connectivity index (χ2v) is 5.92. The van der Waals surface area contributed by atoms with E-state index < -0.39 is 10.8 Å². The normalized spacial score (nSPS) is 20.8. The van der Waals surface area contributed by atoms with Crippen molar-refractivity contribution in [2.75, 3.05) is 25.2 Å². The van der Waals surface area contributed by atoms with Crippen molar-refractivity contribution >= 4 is 16.5 Å².